The van der Waals surface area contributed by atoms with Crippen molar-refractivity contribution < 1.29 is 9.53 Å². The van der Waals surface area contributed by atoms with Crippen LogP contribution >= 0.6 is 11.6 Å². The largest absolute Gasteiger partial charge is 0.383 e. The van der Waals surface area contributed by atoms with Crippen LogP contribution in [-0.4, -0.2) is 25.4 Å². The van der Waals surface area contributed by atoms with Crippen LogP contribution in [0.4, 0.5) is 0 Å². The predicted octanol–water partition coefficient (Wildman–Crippen LogP) is 0.829. The maximum absolute atomic E-state index is 9.75. The minimum atomic E-state index is -0.155. The molecule has 1 atom stereocenters. The Morgan fingerprint density at radius 2 is 2.50 bits per heavy atom. The van der Waals surface area contributed by atoms with Gasteiger partial charge in [0.1, 0.15) is 6.29 Å². The lowest BCUT2D eigenvalue weighted by Gasteiger charge is -2.00. The van der Waals surface area contributed by atoms with Gasteiger partial charge >= 0.3 is 0 Å². The number of hydrogen-bond acceptors (Lipinski definition) is 2. The van der Waals surface area contributed by atoms with Crippen molar-refractivity contribution in [2.75, 3.05) is 13.7 Å². The van der Waals surface area contributed by atoms with E-state index < -0.39 is 0 Å². The van der Waals surface area contributed by atoms with Crippen molar-refractivity contribution in [2.45, 2.75) is 11.8 Å². The zero-order valence-electron chi connectivity index (χ0n) is 4.76. The monoisotopic (exact) mass is 136 g/mol. The van der Waals surface area contributed by atoms with E-state index in [0.717, 1.165) is 6.29 Å². The zero-order chi connectivity index (χ0) is 6.41. The van der Waals surface area contributed by atoms with E-state index in [1.54, 1.807) is 7.11 Å². The average molecular weight is 137 g/mol. The third-order valence-corrected chi connectivity index (χ3v) is 1.00. The molecule has 0 aromatic carbocycles. The van der Waals surface area contributed by atoms with E-state index in [1.807, 2.05) is 0 Å². The van der Waals surface area contributed by atoms with Crippen LogP contribution in [0.15, 0.2) is 0 Å². The predicted molar refractivity (Wildman–Crippen MR) is 32.2 cm³/mol. The number of ether oxygens (including phenoxy) is 1. The molecule has 0 fully saturated rings. The van der Waals surface area contributed by atoms with E-state index in [0.29, 0.717) is 13.0 Å². The molecule has 0 rings (SSSR count). The normalized spacial score (nSPS) is 13.2. The molecule has 0 spiro atoms. The number of methoxy groups -OCH3 is 1. The van der Waals surface area contributed by atoms with Gasteiger partial charge in [-0.25, -0.2) is 0 Å². The van der Waals surface area contributed by atoms with Crippen LogP contribution in [0, 0.1) is 0 Å². The van der Waals surface area contributed by atoms with E-state index in [4.69, 9.17) is 11.6 Å². The number of hydrogen-bond donors (Lipinski definition) is 0. The van der Waals surface area contributed by atoms with Gasteiger partial charge in [0, 0.05) is 13.5 Å². The summed E-state index contributed by atoms with van der Waals surface area (Å²) >= 11 is 5.52. The van der Waals surface area contributed by atoms with Crippen molar-refractivity contribution in [1.29, 1.82) is 0 Å². The Hall–Kier alpha value is -0.0800. The molecule has 2 nitrogen and oxygen atoms in total. The number of halogens is 1. The Morgan fingerprint density at radius 1 is 1.88 bits per heavy atom. The average Bonchev–Trinajstić information content (AvgIpc) is 1.68. The van der Waals surface area contributed by atoms with Crippen molar-refractivity contribution in [3.8, 4) is 0 Å². The second kappa shape index (κ2) is 5.06. The van der Waals surface area contributed by atoms with Crippen LogP contribution in [0.1, 0.15) is 6.42 Å². The first kappa shape index (κ1) is 7.92. The molecule has 48 valence electrons. The Kier molecular flexibility index (Phi) is 5.01. The van der Waals surface area contributed by atoms with Crippen LogP contribution in [0.2, 0.25) is 0 Å². The minimum absolute atomic E-state index is 0.155. The van der Waals surface area contributed by atoms with Gasteiger partial charge in [-0.2, -0.15) is 0 Å². The Balaban J connectivity index is 3.03. The SMILES string of the molecule is COCC(Cl)CC=O. The molecule has 0 saturated heterocycles. The molecule has 1 unspecified atom stereocenters. The van der Waals surface area contributed by atoms with E-state index in [9.17, 15) is 4.79 Å². The highest BCUT2D eigenvalue weighted by Gasteiger charge is 1.99. The van der Waals surface area contributed by atoms with Gasteiger partial charge in [-0.3, -0.25) is 0 Å². The van der Waals surface area contributed by atoms with Crippen LogP contribution in [0.3, 0.4) is 0 Å². The molecule has 0 aromatic rings. The molecule has 8 heavy (non-hydrogen) atoms. The fourth-order valence-corrected chi connectivity index (χ4v) is 0.552. The van der Waals surface area contributed by atoms with Gasteiger partial charge in [-0.15, -0.1) is 11.6 Å². The van der Waals surface area contributed by atoms with Gasteiger partial charge in [-0.1, -0.05) is 0 Å². The summed E-state index contributed by atoms with van der Waals surface area (Å²) in [4.78, 5) is 9.75. The van der Waals surface area contributed by atoms with Crippen LogP contribution in [0.5, 0.6) is 0 Å². The van der Waals surface area contributed by atoms with Gasteiger partial charge < -0.3 is 9.53 Å². The summed E-state index contributed by atoms with van der Waals surface area (Å²) in [6, 6.07) is 0. The van der Waals surface area contributed by atoms with Crippen LogP contribution in [0.25, 0.3) is 0 Å². The number of carbonyl (C=O) groups is 1. The van der Waals surface area contributed by atoms with E-state index in [1.165, 1.54) is 0 Å². The molecule has 0 aromatic heterocycles. The van der Waals surface area contributed by atoms with E-state index in [2.05, 4.69) is 4.74 Å². The summed E-state index contributed by atoms with van der Waals surface area (Å²) in [5.74, 6) is 0. The molecule has 0 aliphatic heterocycles. The van der Waals surface area contributed by atoms with Gasteiger partial charge in [-0.05, 0) is 0 Å². The van der Waals surface area contributed by atoms with Gasteiger partial charge in [0.05, 0.1) is 12.0 Å². The zero-order valence-corrected chi connectivity index (χ0v) is 5.52. The standard InChI is InChI=1S/C5H9ClO2/c1-8-4-5(6)2-3-7/h3,5H,2,4H2,1H3. The van der Waals surface area contributed by atoms with Crippen LogP contribution in [-0.2, 0) is 9.53 Å². The van der Waals surface area contributed by atoms with Crippen molar-refractivity contribution in [3.05, 3.63) is 0 Å². The molecule has 0 amide bonds. The number of rotatable bonds is 4. The molecule has 3 heteroatoms. The summed E-state index contributed by atoms with van der Waals surface area (Å²) in [6.45, 7) is 0.445. The smallest absolute Gasteiger partial charge is 0.121 e. The van der Waals surface area contributed by atoms with Gasteiger partial charge in [0.25, 0.3) is 0 Å². The van der Waals surface area contributed by atoms with Crippen molar-refractivity contribution in [3.63, 3.8) is 0 Å². The van der Waals surface area contributed by atoms with Crippen molar-refractivity contribution in [2.24, 2.45) is 0 Å². The molecule has 0 aliphatic carbocycles. The maximum Gasteiger partial charge on any atom is 0.121 e. The topological polar surface area (TPSA) is 26.3 Å². The third kappa shape index (κ3) is 4.09. The highest BCUT2D eigenvalue weighted by Crippen LogP contribution is 1.98. The number of aldehydes is 1. The summed E-state index contributed by atoms with van der Waals surface area (Å²) in [5, 5.41) is -0.155. The summed E-state index contributed by atoms with van der Waals surface area (Å²) in [5.41, 5.74) is 0. The second-order valence-corrected chi connectivity index (χ2v) is 2.07. The van der Waals surface area contributed by atoms with Crippen molar-refractivity contribution in [1.82, 2.24) is 0 Å². The Bertz CT molecular complexity index is 65.4. The van der Waals surface area contributed by atoms with E-state index >= 15 is 0 Å². The molecule has 0 aliphatic rings. The minimum Gasteiger partial charge on any atom is -0.383 e. The summed E-state index contributed by atoms with van der Waals surface area (Å²) < 4.78 is 4.67. The number of carbonyl (C=O) groups excluding carboxylic acids is 1. The fraction of sp³-hybridized carbons (Fsp3) is 0.800. The molecular weight excluding hydrogens is 128 g/mol. The fourth-order valence-electron chi connectivity index (χ4n) is 0.353. The summed E-state index contributed by atoms with van der Waals surface area (Å²) in [7, 11) is 1.56. The first-order valence-electron chi connectivity index (χ1n) is 2.38. The lowest BCUT2D eigenvalue weighted by atomic mass is 10.3. The van der Waals surface area contributed by atoms with E-state index in [-0.39, 0.29) is 5.38 Å². The third-order valence-electron chi connectivity index (χ3n) is 0.699. The number of alkyl halides is 1. The van der Waals surface area contributed by atoms with Crippen LogP contribution < -0.4 is 0 Å². The first-order chi connectivity index (χ1) is 3.81. The Morgan fingerprint density at radius 3 is 2.88 bits per heavy atom. The first-order valence-corrected chi connectivity index (χ1v) is 2.81. The highest BCUT2D eigenvalue weighted by atomic mass is 35.5. The van der Waals surface area contributed by atoms with Crippen molar-refractivity contribution >= 4 is 17.9 Å². The second-order valence-electron chi connectivity index (χ2n) is 1.45. The molecule has 0 bridgehead atoms. The molecule has 0 N–H and O–H groups in total. The van der Waals surface area contributed by atoms with Gasteiger partial charge in [0.2, 0.25) is 0 Å². The maximum atomic E-state index is 9.75. The molecule has 0 radical (unpaired) electrons. The molecular formula is C5H9ClO2. The quantitative estimate of drug-likeness (QED) is 0.423. The molecule has 0 saturated carbocycles. The lowest BCUT2D eigenvalue weighted by Crippen LogP contribution is -2.06. The molecule has 0 heterocycles. The van der Waals surface area contributed by atoms with Gasteiger partial charge in [0.15, 0.2) is 0 Å². The highest BCUT2D eigenvalue weighted by molar-refractivity contribution is 6.21. The Labute approximate surface area is 53.8 Å². The lowest BCUT2D eigenvalue weighted by molar-refractivity contribution is -0.108. The summed E-state index contributed by atoms with van der Waals surface area (Å²) in [6.07, 6.45) is 1.16.